The second kappa shape index (κ2) is 42.9. The molecule has 6 fully saturated rings. The molecule has 22 rings (SSSR count). The molecule has 11 aromatic heterocycles. The molecule has 30 nitrogen and oxygen atoms in total. The number of nitrogens with zero attached hydrogens (tertiary/aromatic N) is 17. The molecular weight excluding hydrogens is 1740 g/mol. The molecule has 4 amide bonds. The number of pyridine rings is 7. The zero-order valence-electron chi connectivity index (χ0n) is 77.2. The van der Waals surface area contributed by atoms with Gasteiger partial charge in [0.1, 0.15) is 17.4 Å². The Balaban J connectivity index is 0.000000118. The van der Waals surface area contributed by atoms with Crippen LogP contribution in [0.5, 0.6) is 5.75 Å². The van der Waals surface area contributed by atoms with Gasteiger partial charge in [-0.25, -0.2) is 18.7 Å². The first-order chi connectivity index (χ1) is 67.5. The summed E-state index contributed by atoms with van der Waals surface area (Å²) in [5.41, 5.74) is 20.2. The van der Waals surface area contributed by atoms with E-state index < -0.39 is 5.92 Å². The van der Waals surface area contributed by atoms with E-state index in [2.05, 4.69) is 140 Å². The predicted molar refractivity (Wildman–Crippen MR) is 534 cm³/mol. The molecule has 9 N–H and O–H groups in total. The second-order valence-corrected chi connectivity index (χ2v) is 36.6. The number of aromatic hydroxyl groups is 1. The molecule has 0 atom stereocenters. The molecule has 0 spiro atoms. The number of fused-ring (bicyclic) bond motifs is 4. The van der Waals surface area contributed by atoms with E-state index in [1.165, 1.54) is 119 Å². The van der Waals surface area contributed by atoms with E-state index >= 15 is 0 Å². The molecule has 138 heavy (non-hydrogen) atoms. The summed E-state index contributed by atoms with van der Waals surface area (Å²) in [6.07, 6.45) is 37.4. The minimum atomic E-state index is -2.62. The van der Waals surface area contributed by atoms with Gasteiger partial charge in [-0.2, -0.15) is 20.4 Å². The summed E-state index contributed by atoms with van der Waals surface area (Å²) < 4.78 is 27.2. The highest BCUT2D eigenvalue weighted by molar-refractivity contribution is 6.14. The fraction of sp³-hybridized carbons (Fsp3) is 0.311. The van der Waals surface area contributed by atoms with Crippen molar-refractivity contribution in [3.05, 3.63) is 277 Å². The Kier molecular flexibility index (Phi) is 28.6. The third-order valence-corrected chi connectivity index (χ3v) is 26.3. The maximum absolute atomic E-state index is 13.6. The van der Waals surface area contributed by atoms with Crippen molar-refractivity contribution in [3.63, 3.8) is 0 Å². The molecule has 6 aliphatic rings. The Labute approximate surface area is 797 Å². The van der Waals surface area contributed by atoms with Gasteiger partial charge in [0.2, 0.25) is 0 Å². The smallest absolute Gasteiger partial charge is 0.276 e. The van der Waals surface area contributed by atoms with Crippen molar-refractivity contribution in [3.8, 4) is 50.3 Å². The largest absolute Gasteiger partial charge is 0.508 e. The Morgan fingerprint density at radius 1 is 0.319 bits per heavy atom. The topological polar surface area (TPSA) is 361 Å². The number of carbonyl (C=O) groups is 4. The number of hydrogen-bond donors (Lipinski definition) is 9. The van der Waals surface area contributed by atoms with Crippen LogP contribution in [0.4, 0.5) is 43.2 Å². The van der Waals surface area contributed by atoms with Crippen LogP contribution in [0.25, 0.3) is 88.1 Å². The number of anilines is 6. The Hall–Kier alpha value is -15.0. The maximum Gasteiger partial charge on any atom is 0.276 e. The number of likely N-dealkylation sites (tertiary alicyclic amines) is 4. The van der Waals surface area contributed by atoms with Crippen molar-refractivity contribution in [1.82, 2.24) is 95.3 Å². The van der Waals surface area contributed by atoms with Gasteiger partial charge in [0, 0.05) is 170 Å². The number of aromatic amines is 4. The average Bonchev–Trinajstić information content (AvgIpc) is 1.64. The molecule has 5 aromatic carbocycles. The van der Waals surface area contributed by atoms with Crippen LogP contribution in [-0.2, 0) is 26.2 Å². The van der Waals surface area contributed by atoms with E-state index in [0.29, 0.717) is 58.3 Å². The number of rotatable bonds is 22. The SMILES string of the molecule is Cc1ccc(NC(=O)c2n[nH]c3ccc(-c4cncc(CN5CCCCC5)c4)cc23)cn1.O=C(Nc1ccc(N2CCCC2)nc1)c1n[nH]c2ccc(-c3cncc(CN4CCC(F)(F)C4)c3)cc12.O=C(Nc1ccc(N2CCCCC2)nc1)c1n[nH]c2ccc(-c3cncc(CN4CCCCC4)c3)cc12.O=C(Nc1ccc(O)cc1)c1n[nH]c2ccc(-c3cncc(CN4CCCCC4)c3)cc12. The number of hydrogen-bond acceptors (Lipinski definition) is 22. The lowest BCUT2D eigenvalue weighted by Crippen LogP contribution is -2.30. The number of phenols is 1. The monoisotopic (exact) mass is 1850 g/mol. The summed E-state index contributed by atoms with van der Waals surface area (Å²) in [6, 6.07) is 49.9. The number of alkyl halides is 2. The molecule has 6 saturated heterocycles. The molecule has 0 saturated carbocycles. The van der Waals surface area contributed by atoms with Gasteiger partial charge in [-0.15, -0.1) is 0 Å². The molecule has 0 unspecified atom stereocenters. The number of benzene rings is 5. The van der Waals surface area contributed by atoms with Crippen LogP contribution in [0.2, 0.25) is 0 Å². The van der Waals surface area contributed by atoms with Crippen molar-refractivity contribution < 1.29 is 33.1 Å². The van der Waals surface area contributed by atoms with Crippen LogP contribution in [0.3, 0.4) is 0 Å². The van der Waals surface area contributed by atoms with Gasteiger partial charge < -0.3 is 36.2 Å². The zero-order valence-corrected chi connectivity index (χ0v) is 77.2. The van der Waals surface area contributed by atoms with E-state index in [-0.39, 0.29) is 48.0 Å². The standard InChI is InChI=1S/C29H33N7O.C27H27F2N7O.C25H26N6O.C25H25N5O2/c37-29(32-24-8-10-27(31-19-24)36-13-5-2-6-14-36)28-25-16-22(7-9-26(25)33-34-28)23-15-21(17-30-18-23)20-35-11-3-1-4-12-35;28-27(29)7-10-35(17-27)16-18-11-20(14-30-13-18)19-3-5-23-22(12-19)25(34-33-23)26(37)32-21-4-6-24(31-15-21)36-8-1-2-9-36;1-17-5-7-21(15-27-17)28-25(32)24-22-12-19(6-8-23(22)29-30-24)20-11-18(13-26-14-20)16-31-9-3-2-4-10-31;31-21-7-5-20(6-8-21)27-25(32)24-22-13-18(4-9-23(22)28-29-24)19-12-17(14-26-15-19)16-30-10-2-1-3-11-30/h7-10,15-19H,1-6,11-14,20H2,(H,32,37)(H,33,34);3-6,11-15H,1-2,7-10,16-17H2,(H,32,37)(H,33,34);5-8,11-15H,2-4,9-10,16H2,1H3,(H,28,32)(H,29,30);4-9,12-15,31H,1-3,10-11,16H2,(H,27,32)(H,28,29). The Morgan fingerprint density at radius 3 is 0.920 bits per heavy atom. The number of amides is 4. The number of nitrogens with one attached hydrogen (secondary N) is 8. The van der Waals surface area contributed by atoms with E-state index in [9.17, 15) is 33.1 Å². The zero-order chi connectivity index (χ0) is 94.3. The highest BCUT2D eigenvalue weighted by atomic mass is 19.3. The van der Waals surface area contributed by atoms with Crippen molar-refractivity contribution in [2.45, 2.75) is 135 Å². The number of aryl methyl sites for hydroxylation is 1. The summed E-state index contributed by atoms with van der Waals surface area (Å²) in [7, 11) is 0. The fourth-order valence-electron chi connectivity index (χ4n) is 18.9. The van der Waals surface area contributed by atoms with Crippen LogP contribution < -0.4 is 31.1 Å². The van der Waals surface area contributed by atoms with Gasteiger partial charge >= 0.3 is 0 Å². The fourth-order valence-corrected chi connectivity index (χ4v) is 18.9. The second-order valence-electron chi connectivity index (χ2n) is 36.6. The molecule has 16 aromatic rings. The molecule has 6 aliphatic heterocycles. The van der Waals surface area contributed by atoms with Crippen molar-refractivity contribution in [1.29, 1.82) is 0 Å². The van der Waals surface area contributed by atoms with Gasteiger partial charge in [-0.3, -0.25) is 84.1 Å². The van der Waals surface area contributed by atoms with Gasteiger partial charge in [0.15, 0.2) is 22.8 Å². The van der Waals surface area contributed by atoms with Crippen LogP contribution in [0, 0.1) is 6.92 Å². The molecule has 0 radical (unpaired) electrons. The van der Waals surface area contributed by atoms with Crippen LogP contribution in [0.1, 0.15) is 166 Å². The first-order valence-electron chi connectivity index (χ1n) is 47.8. The number of H-pyrrole nitrogens is 4. The van der Waals surface area contributed by atoms with Gasteiger partial charge in [0.05, 0.1) is 64.3 Å². The van der Waals surface area contributed by atoms with Crippen LogP contribution in [-0.4, -0.2) is 208 Å². The predicted octanol–water partition coefficient (Wildman–Crippen LogP) is 19.1. The molecular formula is C106H111F2N25O5. The van der Waals surface area contributed by atoms with Crippen molar-refractivity contribution in [2.75, 3.05) is 110 Å². The number of piperidine rings is 4. The summed E-state index contributed by atoms with van der Waals surface area (Å²) in [5.74, 6) is -1.77. The first kappa shape index (κ1) is 92.1. The number of aromatic nitrogens is 15. The van der Waals surface area contributed by atoms with Gasteiger partial charge in [-0.1, -0.05) is 43.5 Å². The quantitative estimate of drug-likeness (QED) is 0.0285. The molecule has 0 aliphatic carbocycles. The summed E-state index contributed by atoms with van der Waals surface area (Å²) in [6.45, 7) is 16.2. The first-order valence-corrected chi connectivity index (χ1v) is 47.8. The Morgan fingerprint density at radius 2 is 0.616 bits per heavy atom. The lowest BCUT2D eigenvalue weighted by molar-refractivity contribution is 0.0114. The van der Waals surface area contributed by atoms with E-state index in [1.54, 1.807) is 48.0 Å². The number of carbonyl (C=O) groups excluding carboxylic acids is 4. The summed E-state index contributed by atoms with van der Waals surface area (Å²) in [4.78, 5) is 96.7. The van der Waals surface area contributed by atoms with E-state index in [4.69, 9.17) is 0 Å². The molecule has 32 heteroatoms. The van der Waals surface area contributed by atoms with Crippen molar-refractivity contribution >= 4 is 102 Å². The lowest BCUT2D eigenvalue weighted by Gasteiger charge is -2.27. The van der Waals surface area contributed by atoms with Crippen LogP contribution in [0.15, 0.2) is 226 Å². The summed E-state index contributed by atoms with van der Waals surface area (Å²) in [5, 5.41) is 52.8. The van der Waals surface area contributed by atoms with Crippen molar-refractivity contribution in [2.24, 2.45) is 0 Å². The van der Waals surface area contributed by atoms with E-state index in [0.717, 1.165) is 191 Å². The van der Waals surface area contributed by atoms with Gasteiger partial charge in [-0.05, 0) is 295 Å². The average molecular weight is 1850 g/mol. The lowest BCUT2D eigenvalue weighted by atomic mass is 10.0. The minimum absolute atomic E-state index is 0.110. The maximum atomic E-state index is 13.6. The Bertz CT molecular complexity index is 6740. The van der Waals surface area contributed by atoms with Crippen LogP contribution >= 0.6 is 0 Å². The molecule has 704 valence electrons. The highest BCUT2D eigenvalue weighted by Gasteiger charge is 2.38. The summed E-state index contributed by atoms with van der Waals surface area (Å²) >= 11 is 0. The highest BCUT2D eigenvalue weighted by Crippen LogP contribution is 2.36. The minimum Gasteiger partial charge on any atom is -0.508 e. The number of phenolic OH excluding ortho intramolecular Hbond substituents is 1. The third kappa shape index (κ3) is 23.0. The molecule has 0 bridgehead atoms. The number of halogens is 2. The third-order valence-electron chi connectivity index (χ3n) is 26.3. The van der Waals surface area contributed by atoms with E-state index in [1.807, 2.05) is 159 Å². The normalized spacial score (nSPS) is 15.9. The van der Waals surface area contributed by atoms with Gasteiger partial charge in [0.25, 0.3) is 29.6 Å². The molecule has 17 heterocycles.